The van der Waals surface area contributed by atoms with Crippen molar-refractivity contribution in [2.24, 2.45) is 5.41 Å². The van der Waals surface area contributed by atoms with Crippen molar-refractivity contribution in [1.82, 2.24) is 5.32 Å². The molecule has 1 aliphatic heterocycles. The molecule has 0 radical (unpaired) electrons. The van der Waals surface area contributed by atoms with E-state index in [0.29, 0.717) is 0 Å². The molecule has 80 valence electrons. The van der Waals surface area contributed by atoms with Crippen LogP contribution in [0.2, 0.25) is 0 Å². The van der Waals surface area contributed by atoms with E-state index in [9.17, 15) is 4.79 Å². The first-order chi connectivity index (χ1) is 6.75. The maximum atomic E-state index is 11.8. The van der Waals surface area contributed by atoms with Crippen molar-refractivity contribution in [1.29, 1.82) is 0 Å². The summed E-state index contributed by atoms with van der Waals surface area (Å²) in [7, 11) is 0. The summed E-state index contributed by atoms with van der Waals surface area (Å²) in [6, 6.07) is 0. The molecule has 1 rings (SSSR count). The lowest BCUT2D eigenvalue weighted by molar-refractivity contribution is -0.134. The third-order valence-electron chi connectivity index (χ3n) is 3.34. The number of carbonyl (C=O) groups excluding carboxylic acids is 1. The minimum Gasteiger partial charge on any atom is -0.356 e. The average Bonchev–Trinajstić information content (AvgIpc) is 2.21. The second kappa shape index (κ2) is 5.18. The highest BCUT2D eigenvalue weighted by atomic mass is 16.2. The Morgan fingerprint density at radius 3 is 3.00 bits per heavy atom. The Kier molecular flexibility index (Phi) is 4.18. The van der Waals surface area contributed by atoms with Gasteiger partial charge in [-0.2, -0.15) is 0 Å². The first kappa shape index (κ1) is 11.3. The second-order valence-electron chi connectivity index (χ2n) is 4.17. The van der Waals surface area contributed by atoms with Gasteiger partial charge in [-0.1, -0.05) is 13.0 Å². The number of hydrogen-bond acceptors (Lipinski definition) is 1. The fourth-order valence-electron chi connectivity index (χ4n) is 2.27. The molecule has 1 aliphatic rings. The van der Waals surface area contributed by atoms with Crippen LogP contribution in [0.25, 0.3) is 0 Å². The van der Waals surface area contributed by atoms with Gasteiger partial charge in [-0.15, -0.1) is 6.58 Å². The Labute approximate surface area is 86.8 Å². The number of amides is 1. The molecule has 1 amide bonds. The molecule has 0 aromatic heterocycles. The Morgan fingerprint density at radius 1 is 1.64 bits per heavy atom. The largest absolute Gasteiger partial charge is 0.356 e. The van der Waals surface area contributed by atoms with Crippen molar-refractivity contribution in [2.75, 3.05) is 6.54 Å². The molecular weight excluding hydrogens is 174 g/mol. The fourth-order valence-corrected chi connectivity index (χ4v) is 2.27. The van der Waals surface area contributed by atoms with Crippen molar-refractivity contribution >= 4 is 5.91 Å². The third kappa shape index (κ3) is 2.37. The molecule has 1 saturated heterocycles. The molecular formula is C12H21NO. The van der Waals surface area contributed by atoms with E-state index in [0.717, 1.165) is 45.1 Å². The zero-order valence-electron chi connectivity index (χ0n) is 9.14. The van der Waals surface area contributed by atoms with Crippen LogP contribution in [0.1, 0.15) is 45.4 Å². The van der Waals surface area contributed by atoms with Gasteiger partial charge in [0.2, 0.25) is 5.91 Å². The van der Waals surface area contributed by atoms with E-state index in [4.69, 9.17) is 0 Å². The zero-order valence-corrected chi connectivity index (χ0v) is 9.14. The number of allylic oxidation sites excluding steroid dienone is 1. The zero-order chi connectivity index (χ0) is 10.4. The van der Waals surface area contributed by atoms with Crippen LogP contribution >= 0.6 is 0 Å². The highest BCUT2D eigenvalue weighted by molar-refractivity contribution is 5.83. The predicted molar refractivity (Wildman–Crippen MR) is 59.0 cm³/mol. The predicted octanol–water partition coefficient (Wildman–Crippen LogP) is 2.65. The molecule has 1 atom stereocenters. The molecule has 14 heavy (non-hydrogen) atoms. The summed E-state index contributed by atoms with van der Waals surface area (Å²) in [5.74, 6) is 0.273. The van der Waals surface area contributed by atoms with Gasteiger partial charge in [0.05, 0.1) is 0 Å². The molecule has 1 N–H and O–H groups in total. The summed E-state index contributed by atoms with van der Waals surface area (Å²) in [4.78, 5) is 11.8. The maximum absolute atomic E-state index is 11.8. The van der Waals surface area contributed by atoms with Crippen LogP contribution in [0.15, 0.2) is 12.7 Å². The van der Waals surface area contributed by atoms with E-state index in [1.54, 1.807) is 0 Å². The van der Waals surface area contributed by atoms with Gasteiger partial charge in [-0.25, -0.2) is 0 Å². The van der Waals surface area contributed by atoms with Crippen LogP contribution in [0.3, 0.4) is 0 Å². The molecule has 1 unspecified atom stereocenters. The number of nitrogens with one attached hydrogen (secondary N) is 1. The van der Waals surface area contributed by atoms with Gasteiger partial charge >= 0.3 is 0 Å². The minimum atomic E-state index is -0.0682. The molecule has 2 nitrogen and oxygen atoms in total. The van der Waals surface area contributed by atoms with Crippen molar-refractivity contribution in [3.05, 3.63) is 12.7 Å². The fraction of sp³-hybridized carbons (Fsp3) is 0.750. The third-order valence-corrected chi connectivity index (χ3v) is 3.34. The number of rotatable bonds is 5. The van der Waals surface area contributed by atoms with Gasteiger partial charge in [-0.3, -0.25) is 4.79 Å². The molecule has 1 heterocycles. The average molecular weight is 195 g/mol. The molecule has 0 bridgehead atoms. The van der Waals surface area contributed by atoms with E-state index in [2.05, 4.69) is 18.8 Å². The van der Waals surface area contributed by atoms with Crippen molar-refractivity contribution in [3.63, 3.8) is 0 Å². The Bertz CT molecular complexity index is 212. The van der Waals surface area contributed by atoms with Crippen LogP contribution < -0.4 is 5.32 Å². The summed E-state index contributed by atoms with van der Waals surface area (Å²) < 4.78 is 0. The SMILES string of the molecule is C=CCCCC1(CC)CCCNC1=O. The normalized spacial score (nSPS) is 27.1. The quantitative estimate of drug-likeness (QED) is 0.530. The van der Waals surface area contributed by atoms with E-state index in [1.165, 1.54) is 0 Å². The van der Waals surface area contributed by atoms with Gasteiger partial charge in [0.1, 0.15) is 0 Å². The van der Waals surface area contributed by atoms with Crippen molar-refractivity contribution < 1.29 is 4.79 Å². The Hall–Kier alpha value is -0.790. The summed E-state index contributed by atoms with van der Waals surface area (Å²) in [6.07, 6.45) is 8.22. The van der Waals surface area contributed by atoms with Crippen molar-refractivity contribution in [3.8, 4) is 0 Å². The van der Waals surface area contributed by atoms with Crippen LogP contribution in [0.5, 0.6) is 0 Å². The summed E-state index contributed by atoms with van der Waals surface area (Å²) >= 11 is 0. The maximum Gasteiger partial charge on any atom is 0.226 e. The smallest absolute Gasteiger partial charge is 0.226 e. The summed E-state index contributed by atoms with van der Waals surface area (Å²) in [5.41, 5.74) is -0.0682. The molecule has 0 aliphatic carbocycles. The lowest BCUT2D eigenvalue weighted by atomic mass is 9.74. The Balaban J connectivity index is 2.53. The second-order valence-corrected chi connectivity index (χ2v) is 4.17. The Morgan fingerprint density at radius 2 is 2.43 bits per heavy atom. The van der Waals surface area contributed by atoms with Gasteiger partial charge in [-0.05, 0) is 38.5 Å². The number of carbonyl (C=O) groups is 1. The van der Waals surface area contributed by atoms with Crippen LogP contribution in [0.4, 0.5) is 0 Å². The lowest BCUT2D eigenvalue weighted by Gasteiger charge is -2.35. The van der Waals surface area contributed by atoms with E-state index in [-0.39, 0.29) is 11.3 Å². The summed E-state index contributed by atoms with van der Waals surface area (Å²) in [5, 5.41) is 2.99. The minimum absolute atomic E-state index is 0.0682. The van der Waals surface area contributed by atoms with E-state index in [1.807, 2.05) is 6.08 Å². The molecule has 0 aromatic rings. The van der Waals surface area contributed by atoms with E-state index >= 15 is 0 Å². The first-order valence-electron chi connectivity index (χ1n) is 5.64. The number of hydrogen-bond donors (Lipinski definition) is 1. The van der Waals surface area contributed by atoms with Gasteiger partial charge < -0.3 is 5.32 Å². The van der Waals surface area contributed by atoms with Gasteiger partial charge in [0.25, 0.3) is 0 Å². The van der Waals surface area contributed by atoms with Gasteiger partial charge in [0.15, 0.2) is 0 Å². The van der Waals surface area contributed by atoms with Crippen molar-refractivity contribution in [2.45, 2.75) is 45.4 Å². The number of unbranched alkanes of at least 4 members (excludes halogenated alkanes) is 1. The molecule has 0 saturated carbocycles. The van der Waals surface area contributed by atoms with Crippen LogP contribution in [-0.2, 0) is 4.79 Å². The van der Waals surface area contributed by atoms with Crippen LogP contribution in [-0.4, -0.2) is 12.5 Å². The molecule has 1 fully saturated rings. The highest BCUT2D eigenvalue weighted by Crippen LogP contribution is 2.36. The number of piperidine rings is 1. The topological polar surface area (TPSA) is 29.1 Å². The van der Waals surface area contributed by atoms with E-state index < -0.39 is 0 Å². The molecule has 0 aromatic carbocycles. The first-order valence-corrected chi connectivity index (χ1v) is 5.64. The monoisotopic (exact) mass is 195 g/mol. The highest BCUT2D eigenvalue weighted by Gasteiger charge is 2.37. The van der Waals surface area contributed by atoms with Crippen LogP contribution in [0, 0.1) is 5.41 Å². The molecule has 0 spiro atoms. The summed E-state index contributed by atoms with van der Waals surface area (Å²) in [6.45, 7) is 6.70. The van der Waals surface area contributed by atoms with Gasteiger partial charge in [0, 0.05) is 12.0 Å². The molecule has 2 heteroatoms. The lowest BCUT2D eigenvalue weighted by Crippen LogP contribution is -2.45. The standard InChI is InChI=1S/C12H21NO/c1-3-5-6-8-12(4-2)9-7-10-13-11(12)14/h3H,1,4-10H2,2H3,(H,13,14).